The van der Waals surface area contributed by atoms with Gasteiger partial charge in [0.05, 0.1) is 0 Å². The fraction of sp³-hybridized carbons (Fsp3) is 0.667. The van der Waals surface area contributed by atoms with E-state index in [0.29, 0.717) is 5.41 Å². The number of aryl methyl sites for hydroxylation is 1. The molecule has 3 N–H and O–H groups in total. The van der Waals surface area contributed by atoms with E-state index >= 15 is 0 Å². The third-order valence-electron chi connectivity index (χ3n) is 3.60. The van der Waals surface area contributed by atoms with Crippen molar-refractivity contribution < 1.29 is 0 Å². The van der Waals surface area contributed by atoms with Crippen LogP contribution in [-0.2, 0) is 6.54 Å². The van der Waals surface area contributed by atoms with Gasteiger partial charge in [0.1, 0.15) is 0 Å². The third kappa shape index (κ3) is 2.41. The van der Waals surface area contributed by atoms with Gasteiger partial charge < -0.3 is 11.1 Å². The van der Waals surface area contributed by atoms with E-state index in [4.69, 9.17) is 5.73 Å². The Kier molecular flexibility index (Phi) is 3.44. The Hall–Kier alpha value is -0.380. The first-order valence-electron chi connectivity index (χ1n) is 5.69. The molecule has 0 atom stereocenters. The average molecular weight is 224 g/mol. The van der Waals surface area contributed by atoms with E-state index in [9.17, 15) is 0 Å². The molecule has 1 aromatic rings. The van der Waals surface area contributed by atoms with Gasteiger partial charge in [-0.15, -0.1) is 11.3 Å². The molecule has 2 nitrogen and oxygen atoms in total. The van der Waals surface area contributed by atoms with Crippen LogP contribution >= 0.6 is 11.3 Å². The molecule has 0 bridgehead atoms. The van der Waals surface area contributed by atoms with Crippen LogP contribution in [0, 0.1) is 12.3 Å². The zero-order chi connectivity index (χ0) is 10.7. The Morgan fingerprint density at radius 2 is 2.33 bits per heavy atom. The van der Waals surface area contributed by atoms with Crippen LogP contribution in [0.15, 0.2) is 11.4 Å². The van der Waals surface area contributed by atoms with Gasteiger partial charge in [-0.05, 0) is 48.7 Å². The predicted molar refractivity (Wildman–Crippen MR) is 66.1 cm³/mol. The second-order valence-electron chi connectivity index (χ2n) is 4.69. The van der Waals surface area contributed by atoms with Gasteiger partial charge in [-0.25, -0.2) is 0 Å². The molecule has 1 aromatic heterocycles. The standard InChI is InChI=1S/C12H20N2S/c1-10-3-6-15-11(10)7-14-9-12(8-13)4-2-5-12/h3,6,14H,2,4-5,7-9,13H2,1H3. The molecule has 1 aliphatic carbocycles. The molecular formula is C12H20N2S. The Morgan fingerprint density at radius 3 is 2.80 bits per heavy atom. The molecule has 0 unspecified atom stereocenters. The molecular weight excluding hydrogens is 204 g/mol. The summed E-state index contributed by atoms with van der Waals surface area (Å²) in [5, 5.41) is 5.71. The maximum atomic E-state index is 5.82. The van der Waals surface area contributed by atoms with Crippen molar-refractivity contribution in [2.24, 2.45) is 11.1 Å². The Balaban J connectivity index is 1.77. The van der Waals surface area contributed by atoms with Gasteiger partial charge in [0.2, 0.25) is 0 Å². The number of rotatable bonds is 5. The third-order valence-corrected chi connectivity index (χ3v) is 4.62. The summed E-state index contributed by atoms with van der Waals surface area (Å²) < 4.78 is 0. The van der Waals surface area contributed by atoms with E-state index in [2.05, 4.69) is 23.7 Å². The van der Waals surface area contributed by atoms with Gasteiger partial charge in [-0.2, -0.15) is 0 Å². The van der Waals surface area contributed by atoms with E-state index < -0.39 is 0 Å². The largest absolute Gasteiger partial charge is 0.330 e. The lowest BCUT2D eigenvalue weighted by molar-refractivity contribution is 0.141. The predicted octanol–water partition coefficient (Wildman–Crippen LogP) is 2.28. The van der Waals surface area contributed by atoms with Crippen molar-refractivity contribution in [3.63, 3.8) is 0 Å². The van der Waals surface area contributed by atoms with Crippen molar-refractivity contribution in [3.8, 4) is 0 Å². The SMILES string of the molecule is Cc1ccsc1CNCC1(CN)CCC1. The lowest BCUT2D eigenvalue weighted by Crippen LogP contribution is -2.45. The van der Waals surface area contributed by atoms with Crippen LogP contribution in [0.5, 0.6) is 0 Å². The summed E-state index contributed by atoms with van der Waals surface area (Å²) in [4.78, 5) is 1.46. The van der Waals surface area contributed by atoms with Crippen molar-refractivity contribution in [1.29, 1.82) is 0 Å². The number of hydrogen-bond donors (Lipinski definition) is 2. The number of nitrogens with two attached hydrogens (primary N) is 1. The minimum Gasteiger partial charge on any atom is -0.330 e. The summed E-state index contributed by atoms with van der Waals surface area (Å²) >= 11 is 1.84. The number of hydrogen-bond acceptors (Lipinski definition) is 3. The van der Waals surface area contributed by atoms with E-state index in [-0.39, 0.29) is 0 Å². The summed E-state index contributed by atoms with van der Waals surface area (Å²) in [7, 11) is 0. The minimum absolute atomic E-state index is 0.422. The van der Waals surface area contributed by atoms with Crippen molar-refractivity contribution in [1.82, 2.24) is 5.32 Å². The van der Waals surface area contributed by atoms with Crippen LogP contribution < -0.4 is 11.1 Å². The van der Waals surface area contributed by atoms with E-state index in [1.807, 2.05) is 11.3 Å². The summed E-state index contributed by atoms with van der Waals surface area (Å²) in [5.74, 6) is 0. The van der Waals surface area contributed by atoms with Gasteiger partial charge in [0, 0.05) is 18.0 Å². The monoisotopic (exact) mass is 224 g/mol. The Labute approximate surface area is 95.9 Å². The van der Waals surface area contributed by atoms with Crippen molar-refractivity contribution in [2.75, 3.05) is 13.1 Å². The van der Waals surface area contributed by atoms with Crippen LogP contribution in [0.4, 0.5) is 0 Å². The molecule has 0 amide bonds. The summed E-state index contributed by atoms with van der Waals surface area (Å²) in [5.41, 5.74) is 7.65. The van der Waals surface area contributed by atoms with Crippen molar-refractivity contribution in [3.05, 3.63) is 21.9 Å². The number of thiophene rings is 1. The van der Waals surface area contributed by atoms with Crippen molar-refractivity contribution in [2.45, 2.75) is 32.7 Å². The average Bonchev–Trinajstić information content (AvgIpc) is 2.57. The molecule has 84 valence electrons. The Bertz CT molecular complexity index is 310. The quantitative estimate of drug-likeness (QED) is 0.805. The molecule has 0 saturated heterocycles. The van der Waals surface area contributed by atoms with Crippen LogP contribution in [-0.4, -0.2) is 13.1 Å². The maximum Gasteiger partial charge on any atom is 0.0302 e. The highest BCUT2D eigenvalue weighted by molar-refractivity contribution is 7.10. The highest BCUT2D eigenvalue weighted by Gasteiger charge is 2.34. The highest BCUT2D eigenvalue weighted by Crippen LogP contribution is 2.39. The van der Waals surface area contributed by atoms with E-state index in [1.54, 1.807) is 0 Å². The first-order valence-corrected chi connectivity index (χ1v) is 6.57. The Morgan fingerprint density at radius 1 is 1.53 bits per heavy atom. The molecule has 0 spiro atoms. The molecule has 1 saturated carbocycles. The molecule has 0 aromatic carbocycles. The normalized spacial score (nSPS) is 18.8. The fourth-order valence-corrected chi connectivity index (χ4v) is 3.03. The second-order valence-corrected chi connectivity index (χ2v) is 5.69. The minimum atomic E-state index is 0.422. The zero-order valence-corrected chi connectivity index (χ0v) is 10.2. The summed E-state index contributed by atoms with van der Waals surface area (Å²) in [6.45, 7) is 5.10. The van der Waals surface area contributed by atoms with Crippen molar-refractivity contribution >= 4 is 11.3 Å². The smallest absolute Gasteiger partial charge is 0.0302 e. The molecule has 1 heterocycles. The number of nitrogens with one attached hydrogen (secondary N) is 1. The molecule has 3 heteroatoms. The first-order chi connectivity index (χ1) is 7.26. The second kappa shape index (κ2) is 4.64. The lowest BCUT2D eigenvalue weighted by atomic mass is 9.69. The molecule has 15 heavy (non-hydrogen) atoms. The van der Waals surface area contributed by atoms with Gasteiger partial charge in [0.25, 0.3) is 0 Å². The molecule has 1 fully saturated rings. The van der Waals surface area contributed by atoms with Gasteiger partial charge >= 0.3 is 0 Å². The summed E-state index contributed by atoms with van der Waals surface area (Å²) in [6.07, 6.45) is 3.97. The fourth-order valence-electron chi connectivity index (χ4n) is 2.16. The van der Waals surface area contributed by atoms with Crippen LogP contribution in [0.1, 0.15) is 29.7 Å². The van der Waals surface area contributed by atoms with E-state index in [0.717, 1.165) is 19.6 Å². The lowest BCUT2D eigenvalue weighted by Gasteiger charge is -2.41. The molecule has 1 aliphatic rings. The van der Waals surface area contributed by atoms with Crippen LogP contribution in [0.2, 0.25) is 0 Å². The van der Waals surface area contributed by atoms with Gasteiger partial charge in [-0.3, -0.25) is 0 Å². The molecule has 0 aliphatic heterocycles. The maximum absolute atomic E-state index is 5.82. The summed E-state index contributed by atoms with van der Waals surface area (Å²) in [6, 6.07) is 2.18. The van der Waals surface area contributed by atoms with Gasteiger partial charge in [0.15, 0.2) is 0 Å². The molecule has 0 radical (unpaired) electrons. The van der Waals surface area contributed by atoms with Gasteiger partial charge in [-0.1, -0.05) is 6.42 Å². The zero-order valence-electron chi connectivity index (χ0n) is 9.38. The van der Waals surface area contributed by atoms with Crippen LogP contribution in [0.3, 0.4) is 0 Å². The highest BCUT2D eigenvalue weighted by atomic mass is 32.1. The van der Waals surface area contributed by atoms with Crippen LogP contribution in [0.25, 0.3) is 0 Å². The van der Waals surface area contributed by atoms with E-state index in [1.165, 1.54) is 29.7 Å². The molecule has 2 rings (SSSR count). The first kappa shape index (κ1) is 11.1. The topological polar surface area (TPSA) is 38.0 Å².